The van der Waals surface area contributed by atoms with Gasteiger partial charge in [-0.2, -0.15) is 5.10 Å². The van der Waals surface area contributed by atoms with E-state index in [1.807, 2.05) is 29.6 Å². The minimum absolute atomic E-state index is 0.0372. The lowest BCUT2D eigenvalue weighted by molar-refractivity contribution is -0.121. The fourth-order valence-electron chi connectivity index (χ4n) is 5.28. The van der Waals surface area contributed by atoms with Crippen LogP contribution in [-0.2, 0) is 31.2 Å². The van der Waals surface area contributed by atoms with E-state index in [0.717, 1.165) is 35.4 Å². The van der Waals surface area contributed by atoms with E-state index in [-0.39, 0.29) is 18.4 Å². The number of anilines is 1. The second-order valence-corrected chi connectivity index (χ2v) is 9.64. The van der Waals surface area contributed by atoms with Crippen LogP contribution in [0.4, 0.5) is 14.7 Å². The topological polar surface area (TPSA) is 93.8 Å². The fraction of sp³-hybridized carbons (Fsp3) is 0.522. The SMILES string of the molecule is Cc1nc(N2CC3C(C2)C3(F)F)ncc1Cn1cc(CC(=O)N[C@@H]2CCc3c2ncn3C)cn1. The van der Waals surface area contributed by atoms with Crippen LogP contribution in [0.2, 0.25) is 0 Å². The highest BCUT2D eigenvalue weighted by molar-refractivity contribution is 5.79. The highest BCUT2D eigenvalue weighted by Gasteiger charge is 2.72. The van der Waals surface area contributed by atoms with Crippen LogP contribution >= 0.6 is 0 Å². The molecule has 0 bridgehead atoms. The van der Waals surface area contributed by atoms with E-state index in [2.05, 4.69) is 25.4 Å². The molecule has 1 aliphatic heterocycles. The predicted molar refractivity (Wildman–Crippen MR) is 118 cm³/mol. The summed E-state index contributed by atoms with van der Waals surface area (Å²) in [6, 6.07) is -0.0372. The van der Waals surface area contributed by atoms with Gasteiger partial charge in [-0.1, -0.05) is 0 Å². The van der Waals surface area contributed by atoms with Crippen molar-refractivity contribution in [1.29, 1.82) is 0 Å². The number of aromatic nitrogens is 6. The second-order valence-electron chi connectivity index (χ2n) is 9.64. The average molecular weight is 469 g/mol. The van der Waals surface area contributed by atoms with Crippen LogP contribution in [0.15, 0.2) is 24.9 Å². The van der Waals surface area contributed by atoms with Gasteiger partial charge in [0.25, 0.3) is 5.92 Å². The fourth-order valence-corrected chi connectivity index (χ4v) is 5.28. The van der Waals surface area contributed by atoms with Gasteiger partial charge in [0.15, 0.2) is 0 Å². The Labute approximate surface area is 195 Å². The smallest absolute Gasteiger partial charge is 0.258 e. The molecule has 0 radical (unpaired) electrons. The number of piperidine rings is 1. The van der Waals surface area contributed by atoms with Crippen LogP contribution in [0.25, 0.3) is 0 Å². The molecule has 3 aromatic heterocycles. The molecule has 4 heterocycles. The summed E-state index contributed by atoms with van der Waals surface area (Å²) in [6.45, 7) is 2.97. The molecule has 3 aromatic rings. The van der Waals surface area contributed by atoms with Crippen LogP contribution in [0.1, 0.15) is 40.7 Å². The standard InChI is InChI=1S/C23H26F2N8O/c1-13-15(7-26-22(29-13)32-10-16-17(11-32)23(16,24)25)9-33-8-14(6-28-33)5-20(34)30-18-3-4-19-21(18)27-12-31(19)2/h6-8,12,16-18H,3-5,9-11H2,1-2H3,(H,30,34)/t16?,17?,18-/m1/s1. The number of aryl methyl sites for hydroxylation is 2. The third-order valence-electron chi connectivity index (χ3n) is 7.36. The van der Waals surface area contributed by atoms with Gasteiger partial charge >= 0.3 is 0 Å². The number of carbonyl (C=O) groups is 1. The number of alkyl halides is 2. The van der Waals surface area contributed by atoms with Crippen molar-refractivity contribution in [3.8, 4) is 0 Å². The summed E-state index contributed by atoms with van der Waals surface area (Å²) in [4.78, 5) is 27.8. The highest BCUT2D eigenvalue weighted by atomic mass is 19.3. The summed E-state index contributed by atoms with van der Waals surface area (Å²) in [5.41, 5.74) is 4.65. The van der Waals surface area contributed by atoms with Crippen molar-refractivity contribution >= 4 is 11.9 Å². The summed E-state index contributed by atoms with van der Waals surface area (Å²) in [5.74, 6) is -3.18. The lowest BCUT2D eigenvalue weighted by atomic mass is 10.2. The molecule has 3 aliphatic rings. The predicted octanol–water partition coefficient (Wildman–Crippen LogP) is 1.81. The molecule has 2 unspecified atom stereocenters. The largest absolute Gasteiger partial charge is 0.347 e. The molecule has 2 fully saturated rings. The Hall–Kier alpha value is -3.37. The first-order valence-electron chi connectivity index (χ1n) is 11.6. The van der Waals surface area contributed by atoms with E-state index in [1.54, 1.807) is 23.4 Å². The van der Waals surface area contributed by atoms with Gasteiger partial charge in [0.1, 0.15) is 0 Å². The van der Waals surface area contributed by atoms with Gasteiger partial charge in [-0.05, 0) is 25.3 Å². The molecule has 9 nitrogen and oxygen atoms in total. The number of hydrogen-bond donors (Lipinski definition) is 1. The summed E-state index contributed by atoms with van der Waals surface area (Å²) in [5, 5.41) is 7.47. The van der Waals surface area contributed by atoms with Gasteiger partial charge in [0, 0.05) is 49.5 Å². The molecular formula is C23H26F2N8O. The van der Waals surface area contributed by atoms with Crippen molar-refractivity contribution in [2.45, 2.75) is 44.7 Å². The van der Waals surface area contributed by atoms with E-state index >= 15 is 0 Å². The zero-order valence-electron chi connectivity index (χ0n) is 19.1. The van der Waals surface area contributed by atoms with Crippen molar-refractivity contribution < 1.29 is 13.6 Å². The van der Waals surface area contributed by atoms with E-state index in [9.17, 15) is 13.6 Å². The van der Waals surface area contributed by atoms with Gasteiger partial charge in [-0.15, -0.1) is 0 Å². The average Bonchev–Trinajstić information content (AvgIpc) is 3.41. The molecule has 0 spiro atoms. The van der Waals surface area contributed by atoms with E-state index in [0.29, 0.717) is 25.6 Å². The summed E-state index contributed by atoms with van der Waals surface area (Å²) >= 11 is 0. The minimum Gasteiger partial charge on any atom is -0.347 e. The third kappa shape index (κ3) is 3.54. The molecule has 6 rings (SSSR count). The van der Waals surface area contributed by atoms with Gasteiger partial charge < -0.3 is 14.8 Å². The number of hydrogen-bond acceptors (Lipinski definition) is 6. The van der Waals surface area contributed by atoms with Crippen LogP contribution in [-0.4, -0.2) is 54.2 Å². The number of carbonyl (C=O) groups excluding carboxylic acids is 1. The van der Waals surface area contributed by atoms with Crippen LogP contribution in [0.5, 0.6) is 0 Å². The van der Waals surface area contributed by atoms with E-state index < -0.39 is 17.8 Å². The van der Waals surface area contributed by atoms with E-state index in [1.165, 1.54) is 5.69 Å². The number of halogens is 2. The lowest BCUT2D eigenvalue weighted by Gasteiger charge is -2.20. The molecule has 2 aliphatic carbocycles. The molecular weight excluding hydrogens is 442 g/mol. The molecule has 0 aromatic carbocycles. The highest BCUT2D eigenvalue weighted by Crippen LogP contribution is 2.59. The van der Waals surface area contributed by atoms with Crippen molar-refractivity contribution in [1.82, 2.24) is 34.6 Å². The lowest BCUT2D eigenvalue weighted by Crippen LogP contribution is -2.29. The molecule has 178 valence electrons. The molecule has 1 N–H and O–H groups in total. The molecule has 1 saturated carbocycles. The molecule has 1 amide bonds. The maximum Gasteiger partial charge on any atom is 0.258 e. The third-order valence-corrected chi connectivity index (χ3v) is 7.36. The zero-order valence-corrected chi connectivity index (χ0v) is 19.1. The molecule has 3 atom stereocenters. The molecule has 1 saturated heterocycles. The number of fused-ring (bicyclic) bond motifs is 2. The van der Waals surface area contributed by atoms with Gasteiger partial charge in [-0.3, -0.25) is 9.48 Å². The Morgan fingerprint density at radius 3 is 2.79 bits per heavy atom. The number of amides is 1. The quantitative estimate of drug-likeness (QED) is 0.593. The Kier molecular flexibility index (Phi) is 4.72. The van der Waals surface area contributed by atoms with Crippen molar-refractivity contribution in [2.24, 2.45) is 18.9 Å². The maximum absolute atomic E-state index is 13.5. The van der Waals surface area contributed by atoms with Gasteiger partial charge in [0.05, 0.1) is 49.1 Å². The Bertz CT molecular complexity index is 1250. The molecule has 11 heteroatoms. The number of nitrogens with zero attached hydrogens (tertiary/aromatic N) is 7. The maximum atomic E-state index is 13.5. The van der Waals surface area contributed by atoms with Crippen molar-refractivity contribution in [3.63, 3.8) is 0 Å². The van der Waals surface area contributed by atoms with Crippen molar-refractivity contribution in [3.05, 3.63) is 53.1 Å². The summed E-state index contributed by atoms with van der Waals surface area (Å²) < 4.78 is 30.7. The molecule has 34 heavy (non-hydrogen) atoms. The normalized spacial score (nSPS) is 24.2. The van der Waals surface area contributed by atoms with Crippen LogP contribution in [0, 0.1) is 18.8 Å². The van der Waals surface area contributed by atoms with Gasteiger partial charge in [0.2, 0.25) is 11.9 Å². The Balaban J connectivity index is 1.05. The number of imidazole rings is 1. The first-order chi connectivity index (χ1) is 16.3. The Morgan fingerprint density at radius 1 is 1.24 bits per heavy atom. The minimum atomic E-state index is -2.52. The Morgan fingerprint density at radius 2 is 2.03 bits per heavy atom. The summed E-state index contributed by atoms with van der Waals surface area (Å²) in [7, 11) is 1.97. The van der Waals surface area contributed by atoms with Gasteiger partial charge in [-0.25, -0.2) is 23.7 Å². The van der Waals surface area contributed by atoms with Crippen LogP contribution in [0.3, 0.4) is 0 Å². The second kappa shape index (κ2) is 7.57. The number of nitrogens with one attached hydrogen (secondary N) is 1. The first-order valence-corrected chi connectivity index (χ1v) is 11.6. The first kappa shape index (κ1) is 21.2. The monoisotopic (exact) mass is 468 g/mol. The zero-order chi connectivity index (χ0) is 23.6. The van der Waals surface area contributed by atoms with E-state index in [4.69, 9.17) is 0 Å². The van der Waals surface area contributed by atoms with Crippen molar-refractivity contribution in [2.75, 3.05) is 18.0 Å². The number of rotatable bonds is 6. The van der Waals surface area contributed by atoms with Crippen LogP contribution < -0.4 is 10.2 Å². The summed E-state index contributed by atoms with van der Waals surface area (Å²) in [6.07, 6.45) is 9.10.